The summed E-state index contributed by atoms with van der Waals surface area (Å²) in [6.45, 7) is 2.26. The fourth-order valence-electron chi connectivity index (χ4n) is 3.76. The number of sulfonamides is 1. The quantitative estimate of drug-likeness (QED) is 0.602. The van der Waals surface area contributed by atoms with Crippen LogP contribution in [0.2, 0.25) is 5.02 Å². The van der Waals surface area contributed by atoms with E-state index in [0.717, 1.165) is 23.1 Å². The third kappa shape index (κ3) is 4.46. The highest BCUT2D eigenvalue weighted by Crippen LogP contribution is 2.28. The number of halogens is 2. The van der Waals surface area contributed by atoms with Crippen LogP contribution in [0.5, 0.6) is 0 Å². The van der Waals surface area contributed by atoms with Crippen LogP contribution in [0, 0.1) is 11.7 Å². The lowest BCUT2D eigenvalue weighted by Gasteiger charge is -2.31. The molecular weight excluding hydrogens is 443 g/mol. The third-order valence-electron chi connectivity index (χ3n) is 5.58. The maximum atomic E-state index is 13.4. The van der Waals surface area contributed by atoms with Crippen molar-refractivity contribution in [2.45, 2.75) is 30.7 Å². The number of carbonyl (C=O) groups excluding carboxylic acids is 1. The molecule has 1 fully saturated rings. The predicted octanol–water partition coefficient (Wildman–Crippen LogP) is 4.50. The van der Waals surface area contributed by atoms with Gasteiger partial charge in [0.15, 0.2) is 0 Å². The van der Waals surface area contributed by atoms with Gasteiger partial charge in [-0.2, -0.15) is 4.31 Å². The van der Waals surface area contributed by atoms with Gasteiger partial charge in [0.1, 0.15) is 17.2 Å². The number of furan rings is 1. The van der Waals surface area contributed by atoms with Crippen LogP contribution in [-0.4, -0.2) is 31.7 Å². The van der Waals surface area contributed by atoms with Gasteiger partial charge in [0.25, 0.3) is 0 Å². The molecule has 164 valence electrons. The van der Waals surface area contributed by atoms with Crippen LogP contribution in [0.4, 0.5) is 4.39 Å². The van der Waals surface area contributed by atoms with Crippen molar-refractivity contribution in [1.82, 2.24) is 9.62 Å². The molecule has 6 nitrogen and oxygen atoms in total. The molecule has 31 heavy (non-hydrogen) atoms. The van der Waals surface area contributed by atoms with E-state index in [4.69, 9.17) is 16.0 Å². The fraction of sp³-hybridized carbons (Fsp3) is 0.318. The molecule has 4 rings (SSSR count). The summed E-state index contributed by atoms with van der Waals surface area (Å²) in [5.74, 6) is -0.428. The van der Waals surface area contributed by atoms with Crippen LogP contribution in [0.1, 0.15) is 31.6 Å². The van der Waals surface area contributed by atoms with Crippen LogP contribution >= 0.6 is 11.6 Å². The molecule has 1 amide bonds. The Kier molecular flexibility index (Phi) is 6.05. The minimum Gasteiger partial charge on any atom is -0.459 e. The summed E-state index contributed by atoms with van der Waals surface area (Å²) >= 11 is 5.73. The number of rotatable bonds is 5. The number of piperidine rings is 1. The lowest BCUT2D eigenvalue weighted by molar-refractivity contribution is -0.126. The minimum absolute atomic E-state index is 0.0553. The van der Waals surface area contributed by atoms with Crippen molar-refractivity contribution in [3.05, 3.63) is 65.1 Å². The Labute approximate surface area is 185 Å². The Hall–Kier alpha value is -2.42. The van der Waals surface area contributed by atoms with E-state index in [1.807, 2.05) is 37.3 Å². The van der Waals surface area contributed by atoms with E-state index in [0.29, 0.717) is 18.6 Å². The summed E-state index contributed by atoms with van der Waals surface area (Å²) in [7, 11) is -3.80. The average molecular weight is 465 g/mol. The Balaban J connectivity index is 1.37. The highest BCUT2D eigenvalue weighted by atomic mass is 35.5. The highest BCUT2D eigenvalue weighted by molar-refractivity contribution is 7.89. The van der Waals surface area contributed by atoms with Crippen molar-refractivity contribution in [2.75, 3.05) is 13.1 Å². The van der Waals surface area contributed by atoms with Gasteiger partial charge in [-0.25, -0.2) is 12.8 Å². The molecule has 0 aliphatic carbocycles. The topological polar surface area (TPSA) is 79.6 Å². The number of para-hydroxylation sites is 1. The van der Waals surface area contributed by atoms with Crippen molar-refractivity contribution in [3.63, 3.8) is 0 Å². The molecule has 1 aliphatic rings. The summed E-state index contributed by atoms with van der Waals surface area (Å²) < 4.78 is 46.1. The maximum Gasteiger partial charge on any atom is 0.243 e. The first-order valence-electron chi connectivity index (χ1n) is 10.00. The SMILES string of the molecule is CC(NC(=O)C1CCN(S(=O)(=O)c2ccc(F)c(Cl)c2)CC1)c1cc2ccccc2o1. The van der Waals surface area contributed by atoms with Gasteiger partial charge in [-0.3, -0.25) is 4.79 Å². The van der Waals surface area contributed by atoms with Crippen LogP contribution in [0.25, 0.3) is 11.0 Å². The number of fused-ring (bicyclic) bond motifs is 1. The second kappa shape index (κ2) is 8.61. The second-order valence-electron chi connectivity index (χ2n) is 7.67. The standard InChI is InChI=1S/C22H22ClFN2O4S/c1-14(21-12-16-4-2-3-5-20(16)30-21)25-22(27)15-8-10-26(11-9-15)31(28,29)17-6-7-19(24)18(23)13-17/h2-7,12-15H,8-11H2,1H3,(H,25,27). The molecule has 2 aromatic carbocycles. The molecule has 1 aliphatic heterocycles. The molecule has 1 saturated heterocycles. The van der Waals surface area contributed by atoms with E-state index in [2.05, 4.69) is 5.32 Å². The molecule has 1 unspecified atom stereocenters. The zero-order chi connectivity index (χ0) is 22.2. The van der Waals surface area contributed by atoms with Gasteiger partial charge in [-0.1, -0.05) is 29.8 Å². The van der Waals surface area contributed by atoms with E-state index in [9.17, 15) is 17.6 Å². The zero-order valence-corrected chi connectivity index (χ0v) is 18.4. The van der Waals surface area contributed by atoms with E-state index in [1.54, 1.807) is 0 Å². The number of hydrogen-bond donors (Lipinski definition) is 1. The lowest BCUT2D eigenvalue weighted by atomic mass is 9.97. The number of carbonyl (C=O) groups is 1. The second-order valence-corrected chi connectivity index (χ2v) is 10.0. The van der Waals surface area contributed by atoms with E-state index in [-0.39, 0.29) is 40.9 Å². The summed E-state index contributed by atoms with van der Waals surface area (Å²) in [4.78, 5) is 12.7. The van der Waals surface area contributed by atoms with Gasteiger partial charge in [-0.15, -0.1) is 0 Å². The number of nitrogens with one attached hydrogen (secondary N) is 1. The zero-order valence-electron chi connectivity index (χ0n) is 16.8. The molecule has 2 heterocycles. The molecule has 1 atom stereocenters. The van der Waals surface area contributed by atoms with Crippen molar-refractivity contribution >= 4 is 38.5 Å². The minimum atomic E-state index is -3.80. The first kappa shape index (κ1) is 21.8. The molecular formula is C22H22ClFN2O4S. The Morgan fingerprint density at radius 1 is 1.19 bits per heavy atom. The lowest BCUT2D eigenvalue weighted by Crippen LogP contribution is -2.43. The van der Waals surface area contributed by atoms with Gasteiger partial charge in [-0.05, 0) is 50.1 Å². The van der Waals surface area contributed by atoms with Crippen molar-refractivity contribution in [1.29, 1.82) is 0 Å². The van der Waals surface area contributed by atoms with Crippen LogP contribution in [-0.2, 0) is 14.8 Å². The van der Waals surface area contributed by atoms with E-state index < -0.39 is 15.8 Å². The van der Waals surface area contributed by atoms with Crippen LogP contribution in [0.3, 0.4) is 0 Å². The van der Waals surface area contributed by atoms with Crippen LogP contribution in [0.15, 0.2) is 57.8 Å². The van der Waals surface area contributed by atoms with Gasteiger partial charge in [0.2, 0.25) is 15.9 Å². The van der Waals surface area contributed by atoms with Gasteiger partial charge >= 0.3 is 0 Å². The van der Waals surface area contributed by atoms with Gasteiger partial charge in [0.05, 0.1) is 16.0 Å². The molecule has 1 N–H and O–H groups in total. The van der Waals surface area contributed by atoms with Crippen molar-refractivity contribution in [2.24, 2.45) is 5.92 Å². The largest absolute Gasteiger partial charge is 0.459 e. The fourth-order valence-corrected chi connectivity index (χ4v) is 5.50. The van der Waals surface area contributed by atoms with Crippen molar-refractivity contribution in [3.8, 4) is 0 Å². The Morgan fingerprint density at radius 2 is 1.90 bits per heavy atom. The number of benzene rings is 2. The Morgan fingerprint density at radius 3 is 2.58 bits per heavy atom. The average Bonchev–Trinajstić information content (AvgIpc) is 3.20. The maximum absolute atomic E-state index is 13.4. The first-order chi connectivity index (χ1) is 14.8. The molecule has 1 aromatic heterocycles. The first-order valence-corrected chi connectivity index (χ1v) is 11.8. The van der Waals surface area contributed by atoms with E-state index in [1.165, 1.54) is 10.4 Å². The molecule has 9 heteroatoms. The van der Waals surface area contributed by atoms with Crippen molar-refractivity contribution < 1.29 is 22.0 Å². The number of amides is 1. The highest BCUT2D eigenvalue weighted by Gasteiger charge is 2.33. The molecule has 3 aromatic rings. The Bertz CT molecular complexity index is 1190. The molecule has 0 saturated carbocycles. The summed E-state index contributed by atoms with van der Waals surface area (Å²) in [5, 5.41) is 3.70. The third-order valence-corrected chi connectivity index (χ3v) is 7.77. The normalized spacial score (nSPS) is 17.0. The summed E-state index contributed by atoms with van der Waals surface area (Å²) in [6.07, 6.45) is 0.791. The molecule has 0 radical (unpaired) electrons. The number of nitrogens with zero attached hydrogens (tertiary/aromatic N) is 1. The summed E-state index contributed by atoms with van der Waals surface area (Å²) in [6, 6.07) is 12.6. The molecule has 0 bridgehead atoms. The monoisotopic (exact) mass is 464 g/mol. The predicted molar refractivity (Wildman–Crippen MR) is 116 cm³/mol. The summed E-state index contributed by atoms with van der Waals surface area (Å²) in [5.41, 5.74) is 0.762. The van der Waals surface area contributed by atoms with E-state index >= 15 is 0 Å². The van der Waals surface area contributed by atoms with Gasteiger partial charge < -0.3 is 9.73 Å². The molecule has 0 spiro atoms. The van der Waals surface area contributed by atoms with Gasteiger partial charge in [0, 0.05) is 24.4 Å². The number of hydrogen-bond acceptors (Lipinski definition) is 4. The van der Waals surface area contributed by atoms with Crippen LogP contribution < -0.4 is 5.32 Å². The smallest absolute Gasteiger partial charge is 0.243 e.